The SMILES string of the molecule is O=C(Cn1cccc1C(=O)O)NCCc1ncc[nH]1. The van der Waals surface area contributed by atoms with Crippen molar-refractivity contribution in [3.05, 3.63) is 42.2 Å². The van der Waals surface area contributed by atoms with E-state index in [0.717, 1.165) is 5.82 Å². The van der Waals surface area contributed by atoms with Gasteiger partial charge in [-0.15, -0.1) is 0 Å². The number of imidazole rings is 1. The van der Waals surface area contributed by atoms with Crippen molar-refractivity contribution in [2.75, 3.05) is 6.54 Å². The van der Waals surface area contributed by atoms with Crippen LogP contribution in [0.1, 0.15) is 16.3 Å². The highest BCUT2D eigenvalue weighted by molar-refractivity contribution is 5.86. The van der Waals surface area contributed by atoms with Crippen LogP contribution in [0.3, 0.4) is 0 Å². The van der Waals surface area contributed by atoms with Gasteiger partial charge in [0.15, 0.2) is 0 Å². The second-order valence-electron chi connectivity index (χ2n) is 3.96. The van der Waals surface area contributed by atoms with E-state index in [4.69, 9.17) is 5.11 Å². The van der Waals surface area contributed by atoms with Crippen LogP contribution in [0, 0.1) is 0 Å². The minimum atomic E-state index is -1.05. The van der Waals surface area contributed by atoms with Crippen molar-refractivity contribution in [2.24, 2.45) is 0 Å². The van der Waals surface area contributed by atoms with Crippen LogP contribution in [0.5, 0.6) is 0 Å². The molecule has 2 aromatic rings. The average molecular weight is 262 g/mol. The van der Waals surface area contributed by atoms with E-state index in [2.05, 4.69) is 15.3 Å². The molecule has 3 N–H and O–H groups in total. The first-order chi connectivity index (χ1) is 9.16. The number of aromatic carboxylic acids is 1. The Morgan fingerprint density at radius 3 is 3.00 bits per heavy atom. The third-order valence-corrected chi connectivity index (χ3v) is 2.60. The molecule has 1 amide bonds. The molecule has 0 saturated heterocycles. The number of carbonyl (C=O) groups is 2. The van der Waals surface area contributed by atoms with Crippen molar-refractivity contribution in [1.82, 2.24) is 19.9 Å². The van der Waals surface area contributed by atoms with E-state index < -0.39 is 5.97 Å². The van der Waals surface area contributed by atoms with Crippen LogP contribution < -0.4 is 5.32 Å². The summed E-state index contributed by atoms with van der Waals surface area (Å²) in [6.45, 7) is 0.447. The lowest BCUT2D eigenvalue weighted by Crippen LogP contribution is -2.30. The molecule has 2 heterocycles. The van der Waals surface area contributed by atoms with E-state index in [1.807, 2.05) is 0 Å². The maximum absolute atomic E-state index is 11.7. The number of nitrogens with zero attached hydrogens (tertiary/aromatic N) is 2. The summed E-state index contributed by atoms with van der Waals surface area (Å²) in [7, 11) is 0. The van der Waals surface area contributed by atoms with Crippen molar-refractivity contribution < 1.29 is 14.7 Å². The minimum absolute atomic E-state index is 0.00715. The Balaban J connectivity index is 1.81. The molecule has 2 rings (SSSR count). The molecule has 19 heavy (non-hydrogen) atoms. The topological polar surface area (TPSA) is 100 Å². The predicted octanol–water partition coefficient (Wildman–Crippen LogP) is 0.268. The van der Waals surface area contributed by atoms with Crippen molar-refractivity contribution >= 4 is 11.9 Å². The molecular weight excluding hydrogens is 248 g/mol. The molecular formula is C12H14N4O3. The van der Waals surface area contributed by atoms with E-state index >= 15 is 0 Å². The third kappa shape index (κ3) is 3.44. The fourth-order valence-electron chi connectivity index (χ4n) is 1.71. The van der Waals surface area contributed by atoms with Crippen molar-refractivity contribution in [1.29, 1.82) is 0 Å². The Labute approximate surface area is 109 Å². The van der Waals surface area contributed by atoms with Gasteiger partial charge >= 0.3 is 5.97 Å². The fourth-order valence-corrected chi connectivity index (χ4v) is 1.71. The highest BCUT2D eigenvalue weighted by Gasteiger charge is 2.11. The number of aromatic amines is 1. The zero-order valence-electron chi connectivity index (χ0n) is 10.2. The minimum Gasteiger partial charge on any atom is -0.477 e. The molecule has 0 aliphatic heterocycles. The second-order valence-corrected chi connectivity index (χ2v) is 3.96. The molecule has 0 atom stereocenters. The van der Waals surface area contributed by atoms with Crippen LogP contribution >= 0.6 is 0 Å². The third-order valence-electron chi connectivity index (χ3n) is 2.60. The van der Waals surface area contributed by atoms with Gasteiger partial charge in [0, 0.05) is 31.6 Å². The number of nitrogens with one attached hydrogen (secondary N) is 2. The van der Waals surface area contributed by atoms with Crippen LogP contribution in [-0.2, 0) is 17.8 Å². The van der Waals surface area contributed by atoms with Gasteiger partial charge in [-0.05, 0) is 12.1 Å². The highest BCUT2D eigenvalue weighted by atomic mass is 16.4. The average Bonchev–Trinajstić information content (AvgIpc) is 2.99. The van der Waals surface area contributed by atoms with Gasteiger partial charge in [0.25, 0.3) is 0 Å². The monoisotopic (exact) mass is 262 g/mol. The Morgan fingerprint density at radius 2 is 2.32 bits per heavy atom. The van der Waals surface area contributed by atoms with E-state index in [-0.39, 0.29) is 18.1 Å². The molecule has 0 unspecified atom stereocenters. The molecule has 2 aromatic heterocycles. The first-order valence-electron chi connectivity index (χ1n) is 5.80. The Morgan fingerprint density at radius 1 is 1.47 bits per heavy atom. The number of rotatable bonds is 6. The molecule has 0 spiro atoms. The summed E-state index contributed by atoms with van der Waals surface area (Å²) in [4.78, 5) is 29.5. The number of hydrogen-bond acceptors (Lipinski definition) is 3. The van der Waals surface area contributed by atoms with Crippen LogP contribution in [0.15, 0.2) is 30.7 Å². The van der Waals surface area contributed by atoms with Gasteiger partial charge < -0.3 is 20.0 Å². The zero-order chi connectivity index (χ0) is 13.7. The number of carboxylic acids is 1. The van der Waals surface area contributed by atoms with Gasteiger partial charge in [0.05, 0.1) is 0 Å². The van der Waals surface area contributed by atoms with Crippen LogP contribution in [-0.4, -0.2) is 38.1 Å². The van der Waals surface area contributed by atoms with Crippen molar-refractivity contribution in [3.8, 4) is 0 Å². The lowest BCUT2D eigenvalue weighted by Gasteiger charge is -2.07. The molecule has 0 aromatic carbocycles. The summed E-state index contributed by atoms with van der Waals surface area (Å²) in [5.74, 6) is -0.480. The molecule has 0 radical (unpaired) electrons. The predicted molar refractivity (Wildman–Crippen MR) is 66.7 cm³/mol. The van der Waals surface area contributed by atoms with Gasteiger partial charge in [0.1, 0.15) is 18.1 Å². The molecule has 0 bridgehead atoms. The summed E-state index contributed by atoms with van der Waals surface area (Å²) in [5, 5.41) is 11.6. The molecule has 0 aliphatic rings. The summed E-state index contributed by atoms with van der Waals surface area (Å²) in [6, 6.07) is 3.05. The Hall–Kier alpha value is -2.57. The van der Waals surface area contributed by atoms with Gasteiger partial charge in [0.2, 0.25) is 5.91 Å². The van der Waals surface area contributed by atoms with Gasteiger partial charge in [-0.1, -0.05) is 0 Å². The van der Waals surface area contributed by atoms with E-state index in [1.54, 1.807) is 24.7 Å². The quantitative estimate of drug-likeness (QED) is 0.695. The normalized spacial score (nSPS) is 10.3. The number of carbonyl (C=O) groups excluding carboxylic acids is 1. The van der Waals surface area contributed by atoms with Gasteiger partial charge in [-0.3, -0.25) is 4.79 Å². The summed E-state index contributed by atoms with van der Waals surface area (Å²) in [5.41, 5.74) is 0.0983. The zero-order valence-corrected chi connectivity index (χ0v) is 10.2. The highest BCUT2D eigenvalue weighted by Crippen LogP contribution is 2.01. The van der Waals surface area contributed by atoms with E-state index in [1.165, 1.54) is 10.6 Å². The largest absolute Gasteiger partial charge is 0.477 e. The smallest absolute Gasteiger partial charge is 0.352 e. The van der Waals surface area contributed by atoms with Crippen LogP contribution in [0.25, 0.3) is 0 Å². The lowest BCUT2D eigenvalue weighted by molar-refractivity contribution is -0.121. The van der Waals surface area contributed by atoms with Crippen molar-refractivity contribution in [2.45, 2.75) is 13.0 Å². The van der Waals surface area contributed by atoms with Crippen molar-refractivity contribution in [3.63, 3.8) is 0 Å². The summed E-state index contributed by atoms with van der Waals surface area (Å²) >= 11 is 0. The Bertz CT molecular complexity index is 559. The number of carboxylic acid groups (broad SMARTS) is 1. The molecule has 0 saturated carbocycles. The fraction of sp³-hybridized carbons (Fsp3) is 0.250. The maximum atomic E-state index is 11.7. The number of hydrogen-bond donors (Lipinski definition) is 3. The van der Waals surface area contributed by atoms with Gasteiger partial charge in [-0.25, -0.2) is 9.78 Å². The number of amides is 1. The molecule has 7 nitrogen and oxygen atoms in total. The molecule has 100 valence electrons. The molecule has 7 heteroatoms. The molecule has 0 fully saturated rings. The van der Waals surface area contributed by atoms with E-state index in [0.29, 0.717) is 13.0 Å². The number of H-pyrrole nitrogens is 1. The van der Waals surface area contributed by atoms with Gasteiger partial charge in [-0.2, -0.15) is 0 Å². The Kier molecular flexibility index (Phi) is 3.97. The number of aromatic nitrogens is 3. The molecule has 0 aliphatic carbocycles. The lowest BCUT2D eigenvalue weighted by atomic mass is 10.4. The standard InChI is InChI=1S/C12H14N4O3/c17-11(15-4-3-10-13-5-6-14-10)8-16-7-1-2-9(16)12(18)19/h1-2,5-7H,3-4,8H2,(H,13,14)(H,15,17)(H,18,19). The maximum Gasteiger partial charge on any atom is 0.352 e. The van der Waals surface area contributed by atoms with E-state index in [9.17, 15) is 9.59 Å². The van der Waals surface area contributed by atoms with Crippen LogP contribution in [0.2, 0.25) is 0 Å². The summed E-state index contributed by atoms with van der Waals surface area (Å²) in [6.07, 6.45) is 5.54. The van der Waals surface area contributed by atoms with Crippen LogP contribution in [0.4, 0.5) is 0 Å². The summed E-state index contributed by atoms with van der Waals surface area (Å²) < 4.78 is 1.39. The first-order valence-corrected chi connectivity index (χ1v) is 5.80. The second kappa shape index (κ2) is 5.85. The first kappa shape index (κ1) is 12.9.